The Labute approximate surface area is 151 Å². The molecule has 0 fully saturated rings. The van der Waals surface area contributed by atoms with Crippen molar-refractivity contribution in [1.82, 2.24) is 20.6 Å². The predicted molar refractivity (Wildman–Crippen MR) is 98.2 cm³/mol. The highest BCUT2D eigenvalue weighted by Gasteiger charge is 2.27. The summed E-state index contributed by atoms with van der Waals surface area (Å²) < 4.78 is 5.40. The van der Waals surface area contributed by atoms with Crippen molar-refractivity contribution in [3.05, 3.63) is 65.0 Å². The first kappa shape index (κ1) is 17.6. The van der Waals surface area contributed by atoms with Gasteiger partial charge in [0.2, 0.25) is 5.91 Å². The highest BCUT2D eigenvalue weighted by Crippen LogP contribution is 2.27. The number of carbonyl (C=O) groups excluding carboxylic acids is 1. The van der Waals surface area contributed by atoms with Crippen molar-refractivity contribution >= 4 is 11.6 Å². The molecule has 0 spiro atoms. The van der Waals surface area contributed by atoms with Crippen molar-refractivity contribution in [3.63, 3.8) is 0 Å². The number of tetrazole rings is 1. The summed E-state index contributed by atoms with van der Waals surface area (Å²) in [7, 11) is 1.61. The lowest BCUT2D eigenvalue weighted by Crippen LogP contribution is -2.24. The van der Waals surface area contributed by atoms with E-state index in [-0.39, 0.29) is 5.91 Å². The van der Waals surface area contributed by atoms with Gasteiger partial charge in [0, 0.05) is 5.69 Å². The predicted octanol–water partition coefficient (Wildman–Crippen LogP) is 2.79. The second-order valence-electron chi connectivity index (χ2n) is 6.08. The molecule has 3 aromatic rings. The largest absolute Gasteiger partial charge is 0.496 e. The number of hydrogen-bond acceptors (Lipinski definition) is 5. The van der Waals surface area contributed by atoms with E-state index in [0.717, 1.165) is 28.1 Å². The number of anilines is 1. The number of amides is 1. The number of aromatic amines is 1. The third kappa shape index (κ3) is 3.72. The van der Waals surface area contributed by atoms with Gasteiger partial charge in [-0.25, -0.2) is 0 Å². The van der Waals surface area contributed by atoms with Crippen LogP contribution in [0.1, 0.15) is 28.4 Å². The summed E-state index contributed by atoms with van der Waals surface area (Å²) in [5.41, 5.74) is 3.83. The maximum absolute atomic E-state index is 13.0. The smallest absolute Gasteiger partial charge is 0.235 e. The summed E-state index contributed by atoms with van der Waals surface area (Å²) in [6.45, 7) is 3.99. The molecule has 1 atom stereocenters. The average molecular weight is 351 g/mol. The zero-order chi connectivity index (χ0) is 18.5. The number of ether oxygens (including phenoxy) is 1. The normalized spacial score (nSPS) is 11.8. The first-order valence-electron chi connectivity index (χ1n) is 8.32. The van der Waals surface area contributed by atoms with Crippen LogP contribution in [-0.4, -0.2) is 33.6 Å². The van der Waals surface area contributed by atoms with E-state index >= 15 is 0 Å². The van der Waals surface area contributed by atoms with Crippen molar-refractivity contribution in [1.29, 1.82) is 0 Å². The fourth-order valence-corrected chi connectivity index (χ4v) is 2.82. The first-order valence-corrected chi connectivity index (χ1v) is 8.32. The molecular formula is C19H21N5O2. The Bertz CT molecular complexity index is 893. The fraction of sp³-hybridized carbons (Fsp3) is 0.263. The second kappa shape index (κ2) is 7.77. The summed E-state index contributed by atoms with van der Waals surface area (Å²) in [5, 5.41) is 17.1. The van der Waals surface area contributed by atoms with Crippen LogP contribution in [0, 0.1) is 13.8 Å². The van der Waals surface area contributed by atoms with Crippen LogP contribution in [0.25, 0.3) is 0 Å². The topological polar surface area (TPSA) is 92.8 Å². The van der Waals surface area contributed by atoms with Crippen LogP contribution in [0.15, 0.2) is 42.5 Å². The molecule has 0 saturated heterocycles. The highest BCUT2D eigenvalue weighted by atomic mass is 16.5. The minimum atomic E-state index is -0.593. The Hall–Kier alpha value is -3.22. The number of H-pyrrole nitrogens is 1. The van der Waals surface area contributed by atoms with Gasteiger partial charge in [0.25, 0.3) is 0 Å². The van der Waals surface area contributed by atoms with Gasteiger partial charge in [0.1, 0.15) is 11.7 Å². The number of para-hydroxylation sites is 1. The number of carbonyl (C=O) groups is 1. The second-order valence-corrected chi connectivity index (χ2v) is 6.08. The molecule has 26 heavy (non-hydrogen) atoms. The van der Waals surface area contributed by atoms with E-state index in [1.54, 1.807) is 7.11 Å². The van der Waals surface area contributed by atoms with Crippen molar-refractivity contribution in [2.75, 3.05) is 12.4 Å². The lowest BCUT2D eigenvalue weighted by atomic mass is 9.96. The van der Waals surface area contributed by atoms with Crippen LogP contribution in [0.4, 0.5) is 5.69 Å². The Balaban J connectivity index is 1.89. The summed E-state index contributed by atoms with van der Waals surface area (Å²) in [6, 6.07) is 13.4. The molecule has 3 rings (SSSR count). The molecule has 0 radical (unpaired) electrons. The molecule has 7 heteroatoms. The number of rotatable bonds is 6. The number of methoxy groups -OCH3 is 1. The molecule has 2 aromatic carbocycles. The Morgan fingerprint density at radius 3 is 2.73 bits per heavy atom. The van der Waals surface area contributed by atoms with E-state index in [1.165, 1.54) is 0 Å². The Morgan fingerprint density at radius 2 is 2.00 bits per heavy atom. The maximum atomic E-state index is 13.0. The third-order valence-corrected chi connectivity index (χ3v) is 4.47. The van der Waals surface area contributed by atoms with Gasteiger partial charge in [0.05, 0.1) is 7.11 Å². The van der Waals surface area contributed by atoms with Crippen LogP contribution in [0.5, 0.6) is 5.75 Å². The number of benzene rings is 2. The molecule has 7 nitrogen and oxygen atoms in total. The average Bonchev–Trinajstić information content (AvgIpc) is 3.18. The quantitative estimate of drug-likeness (QED) is 0.712. The SMILES string of the molecule is COc1ccccc1CC(C(=O)Nc1cccc(C)c1C)c1nn[nH]n1. The fourth-order valence-electron chi connectivity index (χ4n) is 2.82. The van der Waals surface area contributed by atoms with Gasteiger partial charge < -0.3 is 10.1 Å². The molecule has 0 aliphatic heterocycles. The van der Waals surface area contributed by atoms with Gasteiger partial charge in [-0.05, 0) is 49.1 Å². The van der Waals surface area contributed by atoms with Gasteiger partial charge >= 0.3 is 0 Å². The Kier molecular flexibility index (Phi) is 5.26. The molecule has 0 aliphatic carbocycles. The molecule has 1 aromatic heterocycles. The van der Waals surface area contributed by atoms with Crippen molar-refractivity contribution < 1.29 is 9.53 Å². The molecule has 1 unspecified atom stereocenters. The van der Waals surface area contributed by atoms with Gasteiger partial charge in [-0.2, -0.15) is 5.21 Å². The number of nitrogens with zero attached hydrogens (tertiary/aromatic N) is 3. The van der Waals surface area contributed by atoms with Crippen molar-refractivity contribution in [2.24, 2.45) is 0 Å². The standard InChI is InChI=1S/C19H21N5O2/c1-12-7-6-9-16(13(12)2)20-19(25)15(18-21-23-24-22-18)11-14-8-4-5-10-17(14)26-3/h4-10,15H,11H2,1-3H3,(H,20,25)(H,21,22,23,24). The highest BCUT2D eigenvalue weighted by molar-refractivity contribution is 5.96. The zero-order valence-electron chi connectivity index (χ0n) is 15.0. The molecule has 1 amide bonds. The lowest BCUT2D eigenvalue weighted by molar-refractivity contribution is -0.117. The minimum Gasteiger partial charge on any atom is -0.496 e. The van der Waals surface area contributed by atoms with Gasteiger partial charge in [-0.15, -0.1) is 10.2 Å². The molecule has 2 N–H and O–H groups in total. The Morgan fingerprint density at radius 1 is 1.19 bits per heavy atom. The van der Waals surface area contributed by atoms with E-state index in [4.69, 9.17) is 4.74 Å². The van der Waals surface area contributed by atoms with Crippen LogP contribution in [-0.2, 0) is 11.2 Å². The van der Waals surface area contributed by atoms with Crippen LogP contribution >= 0.6 is 0 Å². The number of aryl methyl sites for hydroxylation is 1. The zero-order valence-corrected chi connectivity index (χ0v) is 15.0. The van der Waals surface area contributed by atoms with Crippen LogP contribution in [0.3, 0.4) is 0 Å². The summed E-state index contributed by atoms with van der Waals surface area (Å²) in [6.07, 6.45) is 0.403. The molecule has 134 valence electrons. The lowest BCUT2D eigenvalue weighted by Gasteiger charge is -2.17. The molecular weight excluding hydrogens is 330 g/mol. The summed E-state index contributed by atoms with van der Waals surface area (Å²) in [4.78, 5) is 13.0. The van der Waals surface area contributed by atoms with E-state index in [2.05, 4.69) is 25.9 Å². The van der Waals surface area contributed by atoms with Crippen molar-refractivity contribution in [2.45, 2.75) is 26.2 Å². The van der Waals surface area contributed by atoms with E-state index < -0.39 is 5.92 Å². The molecule has 0 bridgehead atoms. The molecule has 0 aliphatic rings. The molecule has 1 heterocycles. The van der Waals surface area contributed by atoms with Gasteiger partial charge in [-0.1, -0.05) is 35.5 Å². The van der Waals surface area contributed by atoms with E-state index in [9.17, 15) is 4.79 Å². The summed E-state index contributed by atoms with van der Waals surface area (Å²) in [5.74, 6) is 0.287. The number of aromatic nitrogens is 4. The van der Waals surface area contributed by atoms with Gasteiger partial charge in [-0.3, -0.25) is 4.79 Å². The summed E-state index contributed by atoms with van der Waals surface area (Å²) >= 11 is 0. The third-order valence-electron chi connectivity index (χ3n) is 4.47. The monoisotopic (exact) mass is 351 g/mol. The van der Waals surface area contributed by atoms with Crippen LogP contribution < -0.4 is 10.1 Å². The first-order chi connectivity index (χ1) is 12.6. The van der Waals surface area contributed by atoms with Crippen LogP contribution in [0.2, 0.25) is 0 Å². The number of hydrogen-bond donors (Lipinski definition) is 2. The van der Waals surface area contributed by atoms with Crippen molar-refractivity contribution in [3.8, 4) is 5.75 Å². The minimum absolute atomic E-state index is 0.189. The van der Waals surface area contributed by atoms with Gasteiger partial charge in [0.15, 0.2) is 5.82 Å². The molecule has 0 saturated carbocycles. The van der Waals surface area contributed by atoms with E-state index in [0.29, 0.717) is 12.2 Å². The maximum Gasteiger partial charge on any atom is 0.235 e. The van der Waals surface area contributed by atoms with E-state index in [1.807, 2.05) is 56.3 Å². The number of nitrogens with one attached hydrogen (secondary N) is 2.